The summed E-state index contributed by atoms with van der Waals surface area (Å²) in [6, 6.07) is 7.66. The Balaban J connectivity index is 1.51. The van der Waals surface area contributed by atoms with Crippen molar-refractivity contribution in [3.05, 3.63) is 28.7 Å². The highest BCUT2D eigenvalue weighted by Crippen LogP contribution is 2.17. The number of hydrogen-bond acceptors (Lipinski definition) is 3. The van der Waals surface area contributed by atoms with E-state index in [-0.39, 0.29) is 5.91 Å². The second kappa shape index (κ2) is 10.7. The van der Waals surface area contributed by atoms with Crippen LogP contribution in [0.3, 0.4) is 0 Å². The quantitative estimate of drug-likeness (QED) is 0.698. The molecule has 0 aliphatic carbocycles. The van der Waals surface area contributed by atoms with Gasteiger partial charge in [0.2, 0.25) is 5.91 Å². The molecule has 1 heterocycles. The summed E-state index contributed by atoms with van der Waals surface area (Å²) in [6.07, 6.45) is 6.80. The third-order valence-corrected chi connectivity index (χ3v) is 4.56. The van der Waals surface area contributed by atoms with Crippen LogP contribution in [-0.4, -0.2) is 43.6 Å². The number of carbonyl (C=O) groups is 1. The number of rotatable bonds is 8. The predicted molar refractivity (Wildman–Crippen MR) is 96.8 cm³/mol. The molecule has 1 saturated heterocycles. The van der Waals surface area contributed by atoms with Gasteiger partial charge in [0.05, 0.1) is 13.0 Å². The summed E-state index contributed by atoms with van der Waals surface area (Å²) in [6.45, 7) is 4.69. The van der Waals surface area contributed by atoms with Crippen LogP contribution in [0, 0.1) is 0 Å². The lowest BCUT2D eigenvalue weighted by molar-refractivity contribution is -0.121. The van der Waals surface area contributed by atoms with Crippen LogP contribution >= 0.6 is 15.9 Å². The minimum absolute atomic E-state index is 0.0656. The smallest absolute Gasteiger partial charge is 0.223 e. The molecule has 0 saturated carbocycles. The van der Waals surface area contributed by atoms with Crippen molar-refractivity contribution < 1.29 is 9.53 Å². The molecular formula is C18H27BrN2O2. The van der Waals surface area contributed by atoms with Crippen molar-refractivity contribution in [1.82, 2.24) is 10.2 Å². The van der Waals surface area contributed by atoms with Gasteiger partial charge in [-0.1, -0.05) is 34.8 Å². The van der Waals surface area contributed by atoms with Gasteiger partial charge in [-0.15, -0.1) is 0 Å². The molecule has 1 aliphatic heterocycles. The lowest BCUT2D eigenvalue weighted by atomic mass is 10.2. The maximum Gasteiger partial charge on any atom is 0.223 e. The van der Waals surface area contributed by atoms with Gasteiger partial charge in [0.1, 0.15) is 5.75 Å². The second-order valence-electron chi connectivity index (χ2n) is 6.02. The predicted octanol–water partition coefficient (Wildman–Crippen LogP) is 3.60. The Bertz CT molecular complexity index is 474. The summed E-state index contributed by atoms with van der Waals surface area (Å²) in [5.41, 5.74) is 0. The van der Waals surface area contributed by atoms with Crippen LogP contribution in [0.1, 0.15) is 38.5 Å². The first kappa shape index (κ1) is 18.3. The average molecular weight is 383 g/mol. The normalized spacial score (nSPS) is 15.9. The lowest BCUT2D eigenvalue weighted by Gasteiger charge is -2.19. The standard InChI is InChI=1S/C18H27BrN2O2/c19-16-7-5-8-17(15-16)23-14-9-18(22)20-10-6-13-21-11-3-1-2-4-12-21/h5,7-8,15H,1-4,6,9-14H2,(H,20,22). The fourth-order valence-electron chi connectivity index (χ4n) is 2.80. The number of likely N-dealkylation sites (tertiary alicyclic amines) is 1. The average Bonchev–Trinajstić information content (AvgIpc) is 2.80. The van der Waals surface area contributed by atoms with Crippen molar-refractivity contribution in [1.29, 1.82) is 0 Å². The van der Waals surface area contributed by atoms with Crippen LogP contribution in [0.4, 0.5) is 0 Å². The molecule has 0 bridgehead atoms. The number of benzene rings is 1. The number of nitrogens with one attached hydrogen (secondary N) is 1. The van der Waals surface area contributed by atoms with Gasteiger partial charge >= 0.3 is 0 Å². The van der Waals surface area contributed by atoms with Crippen molar-refractivity contribution in [2.75, 3.05) is 32.8 Å². The molecule has 0 aromatic heterocycles. The van der Waals surface area contributed by atoms with Crippen LogP contribution in [0.25, 0.3) is 0 Å². The number of carbonyl (C=O) groups excluding carboxylic acids is 1. The summed E-state index contributed by atoms with van der Waals surface area (Å²) in [5.74, 6) is 0.851. The SMILES string of the molecule is O=C(CCOc1cccc(Br)c1)NCCCN1CCCCCC1. The summed E-state index contributed by atoms with van der Waals surface area (Å²) in [4.78, 5) is 14.3. The molecule has 0 spiro atoms. The minimum Gasteiger partial charge on any atom is -0.493 e. The molecule has 1 aliphatic rings. The Labute approximate surface area is 147 Å². The largest absolute Gasteiger partial charge is 0.493 e. The van der Waals surface area contributed by atoms with E-state index in [2.05, 4.69) is 26.1 Å². The van der Waals surface area contributed by atoms with Gasteiger partial charge in [-0.05, 0) is 57.1 Å². The van der Waals surface area contributed by atoms with Crippen LogP contribution < -0.4 is 10.1 Å². The molecule has 23 heavy (non-hydrogen) atoms. The lowest BCUT2D eigenvalue weighted by Crippen LogP contribution is -2.31. The number of halogens is 1. The van der Waals surface area contributed by atoms with Gasteiger partial charge in [0, 0.05) is 11.0 Å². The Morgan fingerprint density at radius 2 is 2.00 bits per heavy atom. The van der Waals surface area contributed by atoms with Gasteiger partial charge in [-0.3, -0.25) is 4.79 Å². The van der Waals surface area contributed by atoms with Crippen molar-refractivity contribution in [2.24, 2.45) is 0 Å². The molecule has 1 amide bonds. The fourth-order valence-corrected chi connectivity index (χ4v) is 3.18. The number of ether oxygens (including phenoxy) is 1. The number of hydrogen-bond donors (Lipinski definition) is 1. The molecular weight excluding hydrogens is 356 g/mol. The summed E-state index contributed by atoms with van der Waals surface area (Å²) in [5, 5.41) is 2.98. The third kappa shape index (κ3) is 7.84. The number of nitrogens with zero attached hydrogens (tertiary/aromatic N) is 1. The summed E-state index contributed by atoms with van der Waals surface area (Å²) < 4.78 is 6.55. The zero-order valence-corrected chi connectivity index (χ0v) is 15.3. The van der Waals surface area contributed by atoms with Crippen LogP contribution in [0.2, 0.25) is 0 Å². The molecule has 128 valence electrons. The maximum absolute atomic E-state index is 11.8. The third-order valence-electron chi connectivity index (χ3n) is 4.07. The topological polar surface area (TPSA) is 41.6 Å². The van der Waals surface area contributed by atoms with Crippen molar-refractivity contribution in [2.45, 2.75) is 38.5 Å². The van der Waals surface area contributed by atoms with Crippen LogP contribution in [0.5, 0.6) is 5.75 Å². The Morgan fingerprint density at radius 1 is 1.22 bits per heavy atom. The first-order valence-corrected chi connectivity index (χ1v) is 9.41. The molecule has 1 N–H and O–H groups in total. The van der Waals surface area contributed by atoms with Crippen molar-refractivity contribution in [3.8, 4) is 5.75 Å². The molecule has 4 nitrogen and oxygen atoms in total. The highest BCUT2D eigenvalue weighted by atomic mass is 79.9. The van der Waals surface area contributed by atoms with Crippen LogP contribution in [0.15, 0.2) is 28.7 Å². The monoisotopic (exact) mass is 382 g/mol. The summed E-state index contributed by atoms with van der Waals surface area (Å²) >= 11 is 3.40. The first-order chi connectivity index (χ1) is 11.2. The van der Waals surface area contributed by atoms with Gasteiger partial charge in [0.25, 0.3) is 0 Å². The van der Waals surface area contributed by atoms with E-state index < -0.39 is 0 Å². The minimum atomic E-state index is 0.0656. The molecule has 0 unspecified atom stereocenters. The van der Waals surface area contributed by atoms with E-state index in [0.717, 1.165) is 29.7 Å². The van der Waals surface area contributed by atoms with Crippen molar-refractivity contribution in [3.63, 3.8) is 0 Å². The van der Waals surface area contributed by atoms with E-state index in [1.165, 1.54) is 38.8 Å². The molecule has 0 atom stereocenters. The van der Waals surface area contributed by atoms with E-state index in [0.29, 0.717) is 13.0 Å². The van der Waals surface area contributed by atoms with Gasteiger partial charge < -0.3 is 15.0 Å². The zero-order chi connectivity index (χ0) is 16.3. The van der Waals surface area contributed by atoms with Crippen LogP contribution in [-0.2, 0) is 4.79 Å². The van der Waals surface area contributed by atoms with E-state index in [1.807, 2.05) is 24.3 Å². The van der Waals surface area contributed by atoms with E-state index in [9.17, 15) is 4.79 Å². The second-order valence-corrected chi connectivity index (χ2v) is 6.93. The van der Waals surface area contributed by atoms with E-state index in [1.54, 1.807) is 0 Å². The summed E-state index contributed by atoms with van der Waals surface area (Å²) in [7, 11) is 0. The molecule has 1 fully saturated rings. The molecule has 5 heteroatoms. The van der Waals surface area contributed by atoms with Gasteiger partial charge in [0.15, 0.2) is 0 Å². The zero-order valence-electron chi connectivity index (χ0n) is 13.7. The Hall–Kier alpha value is -1.07. The molecule has 2 rings (SSSR count). The highest BCUT2D eigenvalue weighted by Gasteiger charge is 2.08. The van der Waals surface area contributed by atoms with Gasteiger partial charge in [-0.25, -0.2) is 0 Å². The molecule has 0 radical (unpaired) electrons. The first-order valence-electron chi connectivity index (χ1n) is 8.61. The molecule has 1 aromatic carbocycles. The maximum atomic E-state index is 11.8. The number of amides is 1. The van der Waals surface area contributed by atoms with E-state index >= 15 is 0 Å². The fraction of sp³-hybridized carbons (Fsp3) is 0.611. The van der Waals surface area contributed by atoms with E-state index in [4.69, 9.17) is 4.74 Å². The Morgan fingerprint density at radius 3 is 2.74 bits per heavy atom. The molecule has 1 aromatic rings. The van der Waals surface area contributed by atoms with Gasteiger partial charge in [-0.2, -0.15) is 0 Å². The highest BCUT2D eigenvalue weighted by molar-refractivity contribution is 9.10. The Kier molecular flexibility index (Phi) is 8.47. The van der Waals surface area contributed by atoms with Crippen molar-refractivity contribution >= 4 is 21.8 Å².